The molecule has 1 heterocycles. The highest BCUT2D eigenvalue weighted by atomic mass is 16.6. The summed E-state index contributed by atoms with van der Waals surface area (Å²) in [5.41, 5.74) is 0.693. The number of esters is 1. The molecule has 2 saturated carbocycles. The summed E-state index contributed by atoms with van der Waals surface area (Å²) in [7, 11) is 0. The van der Waals surface area contributed by atoms with Crippen molar-refractivity contribution >= 4 is 11.8 Å². The van der Waals surface area contributed by atoms with Gasteiger partial charge in [-0.2, -0.15) is 0 Å². The zero-order valence-corrected chi connectivity index (χ0v) is 20.6. The molecule has 1 aromatic heterocycles. The van der Waals surface area contributed by atoms with E-state index >= 15 is 0 Å². The van der Waals surface area contributed by atoms with Gasteiger partial charge in [-0.3, -0.25) is 9.59 Å². The number of carbonyl (C=O) groups is 2. The molecule has 1 N–H and O–H groups in total. The summed E-state index contributed by atoms with van der Waals surface area (Å²) in [6, 6.07) is 2.05. The third kappa shape index (κ3) is 2.75. The highest BCUT2D eigenvalue weighted by molar-refractivity contribution is 5.96. The van der Waals surface area contributed by atoms with Crippen LogP contribution in [0.2, 0.25) is 0 Å². The second-order valence-electron chi connectivity index (χ2n) is 12.0. The molecule has 0 bridgehead atoms. The molecule has 0 radical (unpaired) electrons. The van der Waals surface area contributed by atoms with Gasteiger partial charge in [-0.05, 0) is 59.6 Å². The van der Waals surface area contributed by atoms with Crippen molar-refractivity contribution in [3.63, 3.8) is 0 Å². The lowest BCUT2D eigenvalue weighted by Gasteiger charge is -2.67. The fraction of sp³-hybridized carbons (Fsp3) is 0.643. The number of aliphatic hydroxyl groups is 1. The van der Waals surface area contributed by atoms with Crippen LogP contribution in [-0.4, -0.2) is 29.1 Å². The first kappa shape index (κ1) is 22.6. The van der Waals surface area contributed by atoms with Gasteiger partial charge < -0.3 is 14.3 Å². The van der Waals surface area contributed by atoms with E-state index in [1.807, 2.05) is 26.2 Å². The van der Waals surface area contributed by atoms with E-state index in [0.29, 0.717) is 5.92 Å². The third-order valence-corrected chi connectivity index (χ3v) is 10.1. The van der Waals surface area contributed by atoms with Gasteiger partial charge in [0.1, 0.15) is 6.10 Å². The van der Waals surface area contributed by atoms with E-state index in [1.54, 1.807) is 12.3 Å². The normalized spacial score (nSPS) is 45.6. The molecule has 4 aliphatic rings. The number of carbonyl (C=O) groups excluding carboxylic acids is 2. The second kappa shape index (κ2) is 6.94. The van der Waals surface area contributed by atoms with Crippen molar-refractivity contribution in [2.75, 3.05) is 0 Å². The van der Waals surface area contributed by atoms with Crippen LogP contribution in [0, 0.1) is 33.5 Å². The summed E-state index contributed by atoms with van der Waals surface area (Å²) in [5, 5.41) is 11.9. The van der Waals surface area contributed by atoms with E-state index < -0.39 is 34.4 Å². The summed E-state index contributed by atoms with van der Waals surface area (Å²) in [4.78, 5) is 25.2. The number of furan rings is 1. The minimum absolute atomic E-state index is 0.0231. The minimum Gasteiger partial charge on any atom is -0.472 e. The largest absolute Gasteiger partial charge is 0.472 e. The monoisotopic (exact) mass is 452 g/mol. The van der Waals surface area contributed by atoms with E-state index in [9.17, 15) is 14.7 Å². The molecule has 33 heavy (non-hydrogen) atoms. The predicted octanol–water partition coefficient (Wildman–Crippen LogP) is 5.21. The van der Waals surface area contributed by atoms with Gasteiger partial charge in [0.15, 0.2) is 5.78 Å². The Morgan fingerprint density at radius 1 is 1.21 bits per heavy atom. The molecule has 2 fully saturated rings. The van der Waals surface area contributed by atoms with Crippen molar-refractivity contribution in [1.82, 2.24) is 0 Å². The summed E-state index contributed by atoms with van der Waals surface area (Å²) in [5.74, 6) is -0.273. The molecule has 0 aromatic carbocycles. The molecule has 178 valence electrons. The molecular formula is C28H36O5. The van der Waals surface area contributed by atoms with Gasteiger partial charge in [-0.15, -0.1) is 0 Å². The van der Waals surface area contributed by atoms with Crippen LogP contribution < -0.4 is 0 Å². The molecule has 8 unspecified atom stereocenters. The average Bonchev–Trinajstić information content (AvgIpc) is 3.36. The van der Waals surface area contributed by atoms with Crippen molar-refractivity contribution < 1.29 is 23.8 Å². The second-order valence-corrected chi connectivity index (χ2v) is 12.0. The molecule has 5 heteroatoms. The number of aliphatic hydroxyl groups excluding tert-OH is 1. The Labute approximate surface area is 196 Å². The number of ketones is 1. The maximum absolute atomic E-state index is 12.9. The number of fused-ring (bicyclic) bond motifs is 5. The number of rotatable bonds is 2. The van der Waals surface area contributed by atoms with Crippen molar-refractivity contribution in [2.45, 2.75) is 78.9 Å². The van der Waals surface area contributed by atoms with E-state index in [1.165, 1.54) is 18.1 Å². The number of allylic oxidation sites excluding steroid dienone is 3. The van der Waals surface area contributed by atoms with Crippen LogP contribution >= 0.6 is 0 Å². The van der Waals surface area contributed by atoms with Crippen molar-refractivity contribution in [3.8, 4) is 0 Å². The van der Waals surface area contributed by atoms with Crippen LogP contribution in [0.25, 0.3) is 0 Å². The summed E-state index contributed by atoms with van der Waals surface area (Å²) >= 11 is 0. The summed E-state index contributed by atoms with van der Waals surface area (Å²) in [6.45, 7) is 12.0. The van der Waals surface area contributed by atoms with E-state index in [2.05, 4.69) is 32.9 Å². The van der Waals surface area contributed by atoms with Crippen LogP contribution in [0.3, 0.4) is 0 Å². The molecule has 0 aliphatic heterocycles. The Balaban J connectivity index is 1.68. The average molecular weight is 453 g/mol. The quantitative estimate of drug-likeness (QED) is 0.492. The van der Waals surface area contributed by atoms with Crippen LogP contribution in [0.1, 0.15) is 72.3 Å². The molecule has 4 aliphatic carbocycles. The lowest BCUT2D eigenvalue weighted by atomic mass is 9.38. The van der Waals surface area contributed by atoms with Crippen LogP contribution in [0.4, 0.5) is 0 Å². The maximum Gasteiger partial charge on any atom is 0.303 e. The van der Waals surface area contributed by atoms with Gasteiger partial charge in [0.05, 0.1) is 18.6 Å². The maximum atomic E-state index is 12.9. The topological polar surface area (TPSA) is 76.7 Å². The Hall–Kier alpha value is -2.14. The number of ether oxygens (including phenoxy) is 1. The van der Waals surface area contributed by atoms with E-state index in [-0.39, 0.29) is 23.0 Å². The molecule has 5 nitrogen and oxygen atoms in total. The molecule has 1 aromatic rings. The number of hydrogen-bond donors (Lipinski definition) is 1. The lowest BCUT2D eigenvalue weighted by molar-refractivity contribution is -0.228. The van der Waals surface area contributed by atoms with E-state index in [4.69, 9.17) is 9.15 Å². The smallest absolute Gasteiger partial charge is 0.303 e. The minimum atomic E-state index is -0.944. The molecule has 0 spiro atoms. The van der Waals surface area contributed by atoms with Gasteiger partial charge in [0.25, 0.3) is 0 Å². The number of hydrogen-bond acceptors (Lipinski definition) is 5. The van der Waals surface area contributed by atoms with Crippen LogP contribution in [0.5, 0.6) is 0 Å². The van der Waals surface area contributed by atoms with Gasteiger partial charge in [0.2, 0.25) is 0 Å². The Bertz CT molecular complexity index is 1050. The fourth-order valence-electron chi connectivity index (χ4n) is 8.81. The van der Waals surface area contributed by atoms with Crippen molar-refractivity contribution in [2.24, 2.45) is 33.5 Å². The van der Waals surface area contributed by atoms with Gasteiger partial charge in [-0.1, -0.05) is 52.3 Å². The van der Waals surface area contributed by atoms with Crippen molar-refractivity contribution in [3.05, 3.63) is 48.0 Å². The zero-order chi connectivity index (χ0) is 24.0. The first-order chi connectivity index (χ1) is 15.4. The van der Waals surface area contributed by atoms with E-state index in [0.717, 1.165) is 19.3 Å². The highest BCUT2D eigenvalue weighted by Gasteiger charge is 2.71. The zero-order valence-electron chi connectivity index (χ0n) is 20.6. The third-order valence-electron chi connectivity index (χ3n) is 10.1. The highest BCUT2D eigenvalue weighted by Crippen LogP contribution is 2.72. The van der Waals surface area contributed by atoms with Gasteiger partial charge >= 0.3 is 5.97 Å². The molecule has 0 saturated heterocycles. The standard InChI is InChI=1S/C28H36O5/c1-16(29)33-24-22(31)23-25(2,3)21(30)10-13-27(23,5)20-9-12-26(4)18(17-11-14-32-15-17)7-8-19(26)28(20,24)6/h8,10-11,13-15,18,20,22-24,31H,7,9,12H2,1-6H3. The SMILES string of the molecule is CC(=O)OC1C(O)C2C(C)(C)C(=O)C=CC2(C)C2CCC3(C)C(=CCC3c3ccoc3)C12C. The Kier molecular flexibility index (Phi) is 4.76. The predicted molar refractivity (Wildman–Crippen MR) is 124 cm³/mol. The first-order valence-corrected chi connectivity index (χ1v) is 12.2. The molecule has 5 rings (SSSR count). The molecule has 8 atom stereocenters. The van der Waals surface area contributed by atoms with Crippen LogP contribution in [0.15, 0.2) is 46.8 Å². The van der Waals surface area contributed by atoms with Crippen molar-refractivity contribution in [1.29, 1.82) is 0 Å². The Morgan fingerprint density at radius 2 is 1.94 bits per heavy atom. The first-order valence-electron chi connectivity index (χ1n) is 12.2. The fourth-order valence-corrected chi connectivity index (χ4v) is 8.81. The summed E-state index contributed by atoms with van der Waals surface area (Å²) < 4.78 is 11.4. The van der Waals surface area contributed by atoms with Gasteiger partial charge in [0, 0.05) is 23.7 Å². The lowest BCUT2D eigenvalue weighted by Crippen LogP contribution is -2.70. The van der Waals surface area contributed by atoms with Crippen LogP contribution in [-0.2, 0) is 14.3 Å². The summed E-state index contributed by atoms with van der Waals surface area (Å²) in [6.07, 6.45) is 10.9. The van der Waals surface area contributed by atoms with Gasteiger partial charge in [-0.25, -0.2) is 0 Å². The molecular weight excluding hydrogens is 416 g/mol. The Morgan fingerprint density at radius 3 is 2.58 bits per heavy atom. The molecule has 0 amide bonds.